The minimum atomic E-state index is 0.323. The molecule has 66 valence electrons. The lowest BCUT2D eigenvalue weighted by Crippen LogP contribution is -2.10. The average molecular weight is 165 g/mol. The number of phenolic OH excluding ortho intramolecular Hbond substituents is 1. The van der Waals surface area contributed by atoms with Gasteiger partial charge in [0.25, 0.3) is 0 Å². The molecular formula is C10H15NO. The van der Waals surface area contributed by atoms with E-state index < -0.39 is 0 Å². The van der Waals surface area contributed by atoms with E-state index >= 15 is 0 Å². The fourth-order valence-corrected chi connectivity index (χ4v) is 1.13. The van der Waals surface area contributed by atoms with Gasteiger partial charge < -0.3 is 10.4 Å². The molecule has 0 aliphatic rings. The summed E-state index contributed by atoms with van der Waals surface area (Å²) in [7, 11) is 0. The third kappa shape index (κ3) is 1.91. The number of nitrogens with one attached hydrogen (secondary N) is 1. The summed E-state index contributed by atoms with van der Waals surface area (Å²) in [6.07, 6.45) is 0. The first-order valence-corrected chi connectivity index (χ1v) is 4.16. The number of para-hydroxylation sites is 1. The first-order valence-electron chi connectivity index (χ1n) is 4.16. The normalized spacial score (nSPS) is 10.3. The zero-order valence-electron chi connectivity index (χ0n) is 7.76. The van der Waals surface area contributed by atoms with Gasteiger partial charge in [-0.1, -0.05) is 12.1 Å². The van der Waals surface area contributed by atoms with Crippen LogP contribution in [0.1, 0.15) is 19.4 Å². The number of aromatic hydroxyl groups is 1. The summed E-state index contributed by atoms with van der Waals surface area (Å²) in [6.45, 7) is 6.07. The predicted octanol–water partition coefficient (Wildman–Crippen LogP) is 2.52. The van der Waals surface area contributed by atoms with Gasteiger partial charge >= 0.3 is 0 Å². The van der Waals surface area contributed by atoms with E-state index in [2.05, 4.69) is 5.32 Å². The third-order valence-corrected chi connectivity index (χ3v) is 1.68. The smallest absolute Gasteiger partial charge is 0.138 e. The first-order chi connectivity index (χ1) is 5.61. The Labute approximate surface area is 73.2 Å². The molecule has 0 amide bonds. The van der Waals surface area contributed by atoms with E-state index in [9.17, 15) is 5.11 Å². The zero-order valence-corrected chi connectivity index (χ0v) is 7.76. The highest BCUT2D eigenvalue weighted by atomic mass is 16.3. The summed E-state index contributed by atoms with van der Waals surface area (Å²) < 4.78 is 0. The Kier molecular flexibility index (Phi) is 2.58. The molecule has 1 aromatic carbocycles. The molecule has 0 radical (unpaired) electrons. The van der Waals surface area contributed by atoms with Crippen LogP contribution in [-0.2, 0) is 0 Å². The third-order valence-electron chi connectivity index (χ3n) is 1.68. The molecule has 12 heavy (non-hydrogen) atoms. The van der Waals surface area contributed by atoms with E-state index in [0.29, 0.717) is 11.8 Å². The average Bonchev–Trinajstić information content (AvgIpc) is 1.97. The number of benzene rings is 1. The molecule has 0 unspecified atom stereocenters. The van der Waals surface area contributed by atoms with Crippen LogP contribution in [0.2, 0.25) is 0 Å². The molecule has 1 rings (SSSR count). The molecule has 0 atom stereocenters. The van der Waals surface area contributed by atoms with Gasteiger partial charge in [-0.15, -0.1) is 0 Å². The van der Waals surface area contributed by atoms with Crippen LogP contribution in [-0.4, -0.2) is 11.1 Å². The number of hydrogen-bond acceptors (Lipinski definition) is 2. The molecule has 0 saturated carbocycles. The number of hydrogen-bond donors (Lipinski definition) is 2. The summed E-state index contributed by atoms with van der Waals surface area (Å²) in [5.74, 6) is 0.323. The minimum Gasteiger partial charge on any atom is -0.506 e. The molecule has 2 N–H and O–H groups in total. The molecule has 0 heterocycles. The topological polar surface area (TPSA) is 32.3 Å². The Morgan fingerprint density at radius 3 is 2.50 bits per heavy atom. The molecular weight excluding hydrogens is 150 g/mol. The van der Waals surface area contributed by atoms with Gasteiger partial charge in [0.15, 0.2) is 0 Å². The fourth-order valence-electron chi connectivity index (χ4n) is 1.13. The molecule has 1 aromatic rings. The van der Waals surface area contributed by atoms with Gasteiger partial charge in [0.05, 0.1) is 5.69 Å². The Morgan fingerprint density at radius 1 is 1.33 bits per heavy atom. The van der Waals surface area contributed by atoms with Crippen molar-refractivity contribution in [2.24, 2.45) is 0 Å². The summed E-state index contributed by atoms with van der Waals surface area (Å²) in [6, 6.07) is 5.86. The van der Waals surface area contributed by atoms with Crippen molar-refractivity contribution in [1.82, 2.24) is 0 Å². The van der Waals surface area contributed by atoms with Gasteiger partial charge in [-0.05, 0) is 32.4 Å². The number of phenols is 1. The molecule has 0 aliphatic carbocycles. The highest BCUT2D eigenvalue weighted by Gasteiger charge is 2.03. The molecule has 2 heteroatoms. The van der Waals surface area contributed by atoms with E-state index in [1.165, 1.54) is 0 Å². The minimum absolute atomic E-state index is 0.323. The van der Waals surface area contributed by atoms with E-state index in [1.54, 1.807) is 6.07 Å². The Hall–Kier alpha value is -1.18. The second-order valence-corrected chi connectivity index (χ2v) is 3.27. The maximum Gasteiger partial charge on any atom is 0.138 e. The molecule has 0 fully saturated rings. The van der Waals surface area contributed by atoms with E-state index in [1.807, 2.05) is 32.9 Å². The lowest BCUT2D eigenvalue weighted by Gasteiger charge is -2.13. The van der Waals surface area contributed by atoms with Crippen LogP contribution in [0, 0.1) is 6.92 Å². The highest BCUT2D eigenvalue weighted by Crippen LogP contribution is 2.26. The van der Waals surface area contributed by atoms with Gasteiger partial charge in [-0.3, -0.25) is 0 Å². The summed E-state index contributed by atoms with van der Waals surface area (Å²) >= 11 is 0. The Bertz CT molecular complexity index is 248. The molecule has 0 aliphatic heterocycles. The monoisotopic (exact) mass is 165 g/mol. The van der Waals surface area contributed by atoms with E-state index in [4.69, 9.17) is 0 Å². The Balaban J connectivity index is 2.96. The van der Waals surface area contributed by atoms with E-state index in [0.717, 1.165) is 11.3 Å². The van der Waals surface area contributed by atoms with Crippen LogP contribution < -0.4 is 5.32 Å². The summed E-state index contributed by atoms with van der Waals surface area (Å²) in [4.78, 5) is 0. The van der Waals surface area contributed by atoms with Crippen LogP contribution in [0.3, 0.4) is 0 Å². The van der Waals surface area contributed by atoms with Gasteiger partial charge in [0, 0.05) is 6.04 Å². The maximum absolute atomic E-state index is 9.48. The van der Waals surface area contributed by atoms with Crippen LogP contribution in [0.25, 0.3) is 0 Å². The lowest BCUT2D eigenvalue weighted by molar-refractivity contribution is 0.476. The van der Waals surface area contributed by atoms with Gasteiger partial charge in [0.2, 0.25) is 0 Å². The van der Waals surface area contributed by atoms with Crippen LogP contribution in [0.15, 0.2) is 18.2 Å². The molecule has 0 saturated heterocycles. The largest absolute Gasteiger partial charge is 0.506 e. The second kappa shape index (κ2) is 3.48. The number of rotatable bonds is 2. The second-order valence-electron chi connectivity index (χ2n) is 3.27. The summed E-state index contributed by atoms with van der Waals surface area (Å²) in [5, 5.41) is 12.7. The standard InChI is InChI=1S/C10H15NO/c1-7(2)11-10-8(3)5-4-6-9(10)12/h4-7,11-12H,1-3H3. The quantitative estimate of drug-likeness (QED) is 0.660. The van der Waals surface area contributed by atoms with Crippen LogP contribution >= 0.6 is 0 Å². The Morgan fingerprint density at radius 2 is 2.00 bits per heavy atom. The molecule has 2 nitrogen and oxygen atoms in total. The molecule has 0 spiro atoms. The van der Waals surface area contributed by atoms with Crippen LogP contribution in [0.5, 0.6) is 5.75 Å². The lowest BCUT2D eigenvalue weighted by atomic mass is 10.1. The fraction of sp³-hybridized carbons (Fsp3) is 0.400. The SMILES string of the molecule is Cc1cccc(O)c1NC(C)C. The predicted molar refractivity (Wildman–Crippen MR) is 51.6 cm³/mol. The molecule has 0 aromatic heterocycles. The number of anilines is 1. The van der Waals surface area contributed by atoms with Crippen molar-refractivity contribution >= 4 is 5.69 Å². The summed E-state index contributed by atoms with van der Waals surface area (Å²) in [5.41, 5.74) is 1.91. The van der Waals surface area contributed by atoms with Gasteiger partial charge in [0.1, 0.15) is 5.75 Å². The van der Waals surface area contributed by atoms with Gasteiger partial charge in [-0.2, -0.15) is 0 Å². The highest BCUT2D eigenvalue weighted by molar-refractivity contribution is 5.61. The van der Waals surface area contributed by atoms with Crippen molar-refractivity contribution in [2.75, 3.05) is 5.32 Å². The van der Waals surface area contributed by atoms with Crippen molar-refractivity contribution in [3.05, 3.63) is 23.8 Å². The maximum atomic E-state index is 9.48. The van der Waals surface area contributed by atoms with Gasteiger partial charge in [-0.25, -0.2) is 0 Å². The van der Waals surface area contributed by atoms with Crippen molar-refractivity contribution in [3.63, 3.8) is 0 Å². The van der Waals surface area contributed by atoms with Crippen LogP contribution in [0.4, 0.5) is 5.69 Å². The zero-order chi connectivity index (χ0) is 9.14. The molecule has 0 bridgehead atoms. The van der Waals surface area contributed by atoms with Crippen molar-refractivity contribution in [1.29, 1.82) is 0 Å². The number of aryl methyl sites for hydroxylation is 1. The van der Waals surface area contributed by atoms with E-state index in [-0.39, 0.29) is 0 Å². The first kappa shape index (κ1) is 8.91. The van der Waals surface area contributed by atoms with Crippen molar-refractivity contribution in [2.45, 2.75) is 26.8 Å². The van der Waals surface area contributed by atoms with Crippen molar-refractivity contribution < 1.29 is 5.11 Å². The van der Waals surface area contributed by atoms with Crippen molar-refractivity contribution in [3.8, 4) is 5.75 Å².